The lowest BCUT2D eigenvalue weighted by Gasteiger charge is -2.11. The fraction of sp³-hybridized carbons (Fsp3) is 0.316. The number of hydrogen-bond donors (Lipinski definition) is 1. The van der Waals surface area contributed by atoms with E-state index in [2.05, 4.69) is 22.2 Å². The lowest BCUT2D eigenvalue weighted by molar-refractivity contribution is 0.562. The highest BCUT2D eigenvalue weighted by Crippen LogP contribution is 2.12. The Hall–Kier alpha value is -2.54. The second-order valence-electron chi connectivity index (χ2n) is 4.39. The molecule has 0 unspecified atom stereocenters. The second kappa shape index (κ2) is 13.1. The molecule has 0 heterocycles. The third kappa shape index (κ3) is 9.15. The van der Waals surface area contributed by atoms with Crippen molar-refractivity contribution in [3.05, 3.63) is 53.8 Å². The third-order valence-electron chi connectivity index (χ3n) is 2.54. The SMILES string of the molecule is CC.CN=CN/C(C#Cc1cccc(N(C)C)c1)=C\C=C\CF. The monoisotopic (exact) mass is 315 g/mol. The highest BCUT2D eigenvalue weighted by molar-refractivity contribution is 5.60. The molecule has 124 valence electrons. The van der Waals surface area contributed by atoms with Crippen LogP contribution < -0.4 is 10.2 Å². The van der Waals surface area contributed by atoms with E-state index >= 15 is 0 Å². The average Bonchev–Trinajstić information content (AvgIpc) is 2.59. The molecular weight excluding hydrogens is 289 g/mol. The number of halogens is 1. The summed E-state index contributed by atoms with van der Waals surface area (Å²) in [5.74, 6) is 6.09. The zero-order valence-corrected chi connectivity index (χ0v) is 14.6. The topological polar surface area (TPSA) is 27.6 Å². The maximum atomic E-state index is 12.1. The largest absolute Gasteiger partial charge is 0.378 e. The van der Waals surface area contributed by atoms with Gasteiger partial charge in [-0.2, -0.15) is 0 Å². The first-order valence-corrected chi connectivity index (χ1v) is 7.56. The van der Waals surface area contributed by atoms with Crippen LogP contribution in [0.1, 0.15) is 19.4 Å². The first kappa shape index (κ1) is 20.5. The van der Waals surface area contributed by atoms with Gasteiger partial charge in [-0.15, -0.1) is 0 Å². The van der Waals surface area contributed by atoms with E-state index in [0.717, 1.165) is 11.3 Å². The number of hydrogen-bond acceptors (Lipinski definition) is 2. The van der Waals surface area contributed by atoms with Crippen LogP contribution in [0.5, 0.6) is 0 Å². The summed E-state index contributed by atoms with van der Waals surface area (Å²) in [6.45, 7) is 3.50. The standard InChI is InChI=1S/C17H20FN3.C2H6/c1-19-14-20-16(8-4-5-12-18)11-10-15-7-6-9-17(13-15)21(2)3;1-2/h4-9,13-14H,12H2,1-3H3,(H,19,20);1-2H3/b5-4+,16-8-;. The van der Waals surface area contributed by atoms with E-state index in [9.17, 15) is 4.39 Å². The molecule has 0 aromatic heterocycles. The zero-order valence-electron chi connectivity index (χ0n) is 14.6. The van der Waals surface area contributed by atoms with Crippen molar-refractivity contribution < 1.29 is 4.39 Å². The molecule has 1 N–H and O–H groups in total. The van der Waals surface area contributed by atoms with Gasteiger partial charge in [0.05, 0.1) is 12.0 Å². The first-order valence-electron chi connectivity index (χ1n) is 7.56. The fourth-order valence-electron chi connectivity index (χ4n) is 1.48. The minimum Gasteiger partial charge on any atom is -0.378 e. The van der Waals surface area contributed by atoms with Crippen LogP contribution in [0.2, 0.25) is 0 Å². The van der Waals surface area contributed by atoms with E-state index in [1.165, 1.54) is 6.08 Å². The summed E-state index contributed by atoms with van der Waals surface area (Å²) in [5, 5.41) is 2.95. The van der Waals surface area contributed by atoms with E-state index < -0.39 is 6.67 Å². The molecule has 1 aromatic carbocycles. The molecule has 0 aliphatic heterocycles. The first-order chi connectivity index (χ1) is 11.2. The van der Waals surface area contributed by atoms with Gasteiger partial charge in [0.2, 0.25) is 0 Å². The van der Waals surface area contributed by atoms with Crippen molar-refractivity contribution in [1.29, 1.82) is 0 Å². The number of alkyl halides is 1. The number of allylic oxidation sites excluding steroid dienone is 4. The Balaban J connectivity index is 0.00000232. The van der Waals surface area contributed by atoms with Crippen molar-refractivity contribution in [2.45, 2.75) is 13.8 Å². The molecule has 1 aromatic rings. The summed E-state index contributed by atoms with van der Waals surface area (Å²) in [6.07, 6.45) is 6.29. The van der Waals surface area contributed by atoms with E-state index in [1.54, 1.807) is 25.5 Å². The highest BCUT2D eigenvalue weighted by Gasteiger charge is 1.95. The molecule has 0 bridgehead atoms. The van der Waals surface area contributed by atoms with Gasteiger partial charge >= 0.3 is 0 Å². The smallest absolute Gasteiger partial charge is 0.108 e. The Morgan fingerprint density at radius 2 is 2.09 bits per heavy atom. The van der Waals surface area contributed by atoms with Gasteiger partial charge in [0, 0.05) is 32.4 Å². The quantitative estimate of drug-likeness (QED) is 0.387. The lowest BCUT2D eigenvalue weighted by atomic mass is 10.2. The molecule has 0 aliphatic rings. The Morgan fingerprint density at radius 1 is 1.35 bits per heavy atom. The molecule has 0 spiro atoms. The van der Waals surface area contributed by atoms with Crippen molar-refractivity contribution in [2.75, 3.05) is 32.7 Å². The van der Waals surface area contributed by atoms with Crippen LogP contribution in [0.15, 0.2) is 53.2 Å². The number of benzene rings is 1. The summed E-state index contributed by atoms with van der Waals surface area (Å²) in [5.41, 5.74) is 2.66. The van der Waals surface area contributed by atoms with Crippen molar-refractivity contribution in [2.24, 2.45) is 4.99 Å². The number of nitrogens with zero attached hydrogens (tertiary/aromatic N) is 2. The lowest BCUT2D eigenvalue weighted by Crippen LogP contribution is -2.09. The zero-order chi connectivity index (χ0) is 17.5. The highest BCUT2D eigenvalue weighted by atomic mass is 19.1. The van der Waals surface area contributed by atoms with Gasteiger partial charge in [-0.1, -0.05) is 38.0 Å². The van der Waals surface area contributed by atoms with E-state index in [-0.39, 0.29) is 0 Å². The van der Waals surface area contributed by atoms with Gasteiger partial charge in [0.1, 0.15) is 6.67 Å². The van der Waals surface area contributed by atoms with Crippen LogP contribution in [-0.2, 0) is 0 Å². The molecular formula is C19H26FN3. The minimum absolute atomic E-state index is 0.496. The summed E-state index contributed by atoms with van der Waals surface area (Å²) in [6, 6.07) is 7.94. The average molecular weight is 315 g/mol. The normalized spacial score (nSPS) is 10.8. The molecule has 0 radical (unpaired) electrons. The van der Waals surface area contributed by atoms with Gasteiger partial charge in [-0.05, 0) is 30.2 Å². The summed E-state index contributed by atoms with van der Waals surface area (Å²) >= 11 is 0. The molecule has 3 nitrogen and oxygen atoms in total. The fourth-order valence-corrected chi connectivity index (χ4v) is 1.48. The van der Waals surface area contributed by atoms with E-state index in [4.69, 9.17) is 0 Å². The van der Waals surface area contributed by atoms with Crippen molar-refractivity contribution in [3.63, 3.8) is 0 Å². The van der Waals surface area contributed by atoms with Gasteiger partial charge in [-0.25, -0.2) is 4.39 Å². The molecule has 0 amide bonds. The second-order valence-corrected chi connectivity index (χ2v) is 4.39. The summed E-state index contributed by atoms with van der Waals surface area (Å²) in [4.78, 5) is 5.87. The molecule has 23 heavy (non-hydrogen) atoms. The number of aliphatic imine (C=N–C) groups is 1. The van der Waals surface area contributed by atoms with E-state index in [0.29, 0.717) is 5.70 Å². The van der Waals surface area contributed by atoms with Crippen LogP contribution in [0.4, 0.5) is 10.1 Å². The maximum absolute atomic E-state index is 12.1. The Bertz CT molecular complexity index is 590. The van der Waals surface area contributed by atoms with Crippen molar-refractivity contribution in [1.82, 2.24) is 5.32 Å². The molecule has 0 atom stereocenters. The minimum atomic E-state index is -0.496. The predicted octanol–water partition coefficient (Wildman–Crippen LogP) is 3.79. The van der Waals surface area contributed by atoms with Crippen LogP contribution in [-0.4, -0.2) is 34.2 Å². The Kier molecular flexibility index (Phi) is 11.7. The van der Waals surface area contributed by atoms with Gasteiger partial charge in [-0.3, -0.25) is 4.99 Å². The van der Waals surface area contributed by atoms with Gasteiger partial charge < -0.3 is 10.2 Å². The summed E-state index contributed by atoms with van der Waals surface area (Å²) < 4.78 is 12.1. The van der Waals surface area contributed by atoms with Gasteiger partial charge in [0.15, 0.2) is 0 Å². The molecule has 0 aliphatic carbocycles. The van der Waals surface area contributed by atoms with Crippen LogP contribution in [0.25, 0.3) is 0 Å². The molecule has 4 heteroatoms. The Morgan fingerprint density at radius 3 is 2.70 bits per heavy atom. The number of nitrogens with one attached hydrogen (secondary N) is 1. The van der Waals surface area contributed by atoms with Crippen LogP contribution in [0, 0.1) is 11.8 Å². The van der Waals surface area contributed by atoms with Crippen LogP contribution in [0.3, 0.4) is 0 Å². The Labute approximate surface area is 139 Å². The van der Waals surface area contributed by atoms with Gasteiger partial charge in [0.25, 0.3) is 0 Å². The number of anilines is 1. The van der Waals surface area contributed by atoms with Crippen molar-refractivity contribution in [3.8, 4) is 11.8 Å². The molecule has 0 saturated carbocycles. The predicted molar refractivity (Wildman–Crippen MR) is 99.7 cm³/mol. The molecule has 0 saturated heterocycles. The van der Waals surface area contributed by atoms with Crippen molar-refractivity contribution >= 4 is 12.0 Å². The maximum Gasteiger partial charge on any atom is 0.108 e. The molecule has 1 rings (SSSR count). The summed E-state index contributed by atoms with van der Waals surface area (Å²) in [7, 11) is 5.63. The van der Waals surface area contributed by atoms with E-state index in [1.807, 2.05) is 57.1 Å². The van der Waals surface area contributed by atoms with Crippen LogP contribution >= 0.6 is 0 Å². The molecule has 0 fully saturated rings. The number of rotatable bonds is 5. The third-order valence-corrected chi connectivity index (χ3v) is 2.54.